The quantitative estimate of drug-likeness (QED) is 0.550. The Balaban J connectivity index is 1.86. The van der Waals surface area contributed by atoms with Crippen molar-refractivity contribution >= 4 is 28.5 Å². The summed E-state index contributed by atoms with van der Waals surface area (Å²) in [5.41, 5.74) is 5.69. The van der Waals surface area contributed by atoms with Crippen LogP contribution in [0.1, 0.15) is 61.1 Å². The predicted octanol–water partition coefficient (Wildman–Crippen LogP) is 3.75. The lowest BCUT2D eigenvalue weighted by atomic mass is 9.92. The van der Waals surface area contributed by atoms with Gasteiger partial charge in [0.05, 0.1) is 12.3 Å². The molecule has 4 atom stereocenters. The summed E-state index contributed by atoms with van der Waals surface area (Å²) in [6.45, 7) is 17.2. The molecule has 10 nitrogen and oxygen atoms in total. The maximum absolute atomic E-state index is 11.8. The van der Waals surface area contributed by atoms with Crippen LogP contribution in [0.15, 0.2) is 18.5 Å². The summed E-state index contributed by atoms with van der Waals surface area (Å²) >= 11 is 0. The van der Waals surface area contributed by atoms with Gasteiger partial charge in [-0.3, -0.25) is 0 Å². The van der Waals surface area contributed by atoms with Gasteiger partial charge in [0, 0.05) is 0 Å². The second kappa shape index (κ2) is 9.47. The van der Waals surface area contributed by atoms with Gasteiger partial charge in [0.25, 0.3) is 0 Å². The molecule has 0 aliphatic carbocycles. The molecule has 0 saturated carbocycles. The molecule has 12 heteroatoms. The number of rotatable bonds is 5. The van der Waals surface area contributed by atoms with E-state index in [1.165, 1.54) is 10.8 Å². The normalized spacial score (nSPS) is 30.1. The number of nitrogens with zero attached hydrogens (tertiary/aromatic N) is 4. The number of nitrogens with two attached hydrogens (primary N) is 1. The molecule has 2 aliphatic rings. The minimum Gasteiger partial charge on any atom is -0.414 e. The number of hydrogen-bond donors (Lipinski definition) is 2. The van der Waals surface area contributed by atoms with E-state index < -0.39 is 41.0 Å². The van der Waals surface area contributed by atoms with Gasteiger partial charge in [0.2, 0.25) is 5.60 Å². The number of fused-ring (bicyclic) bond motifs is 2. The monoisotopic (exact) mass is 533 g/mol. The first-order valence-corrected chi connectivity index (χ1v) is 16.7. The minimum atomic E-state index is -3.00. The van der Waals surface area contributed by atoms with Crippen molar-refractivity contribution in [2.45, 2.75) is 101 Å². The van der Waals surface area contributed by atoms with Crippen molar-refractivity contribution in [3.8, 4) is 6.07 Å². The smallest absolute Gasteiger partial charge is 0.335 e. The Morgan fingerprint density at radius 1 is 1.08 bits per heavy atom. The lowest BCUT2D eigenvalue weighted by Gasteiger charge is -2.51. The maximum atomic E-state index is 11.8. The average molecular weight is 534 g/mol. The molecule has 2 fully saturated rings. The van der Waals surface area contributed by atoms with Gasteiger partial charge in [-0.25, -0.2) is 9.50 Å². The van der Waals surface area contributed by atoms with Crippen LogP contribution in [0, 0.1) is 11.3 Å². The van der Waals surface area contributed by atoms with Crippen molar-refractivity contribution in [3.05, 3.63) is 24.2 Å². The fourth-order valence-corrected chi connectivity index (χ4v) is 17.0. The third-order valence-corrected chi connectivity index (χ3v) is 18.0. The van der Waals surface area contributed by atoms with E-state index in [1.54, 1.807) is 12.1 Å². The molecule has 198 valence electrons. The van der Waals surface area contributed by atoms with Crippen LogP contribution in [-0.4, -0.2) is 61.7 Å². The number of nitrogen functional groups attached to an aromatic ring is 1. The predicted molar refractivity (Wildman–Crippen MR) is 139 cm³/mol. The van der Waals surface area contributed by atoms with Crippen LogP contribution in [0.2, 0.25) is 22.2 Å². The molecular weight excluding hydrogens is 494 g/mol. The van der Waals surface area contributed by atoms with Gasteiger partial charge in [0.15, 0.2) is 5.82 Å². The van der Waals surface area contributed by atoms with Crippen LogP contribution in [-0.2, 0) is 23.3 Å². The molecule has 0 spiro atoms. The van der Waals surface area contributed by atoms with Crippen LogP contribution < -0.4 is 5.73 Å². The highest BCUT2D eigenvalue weighted by Gasteiger charge is 2.65. The van der Waals surface area contributed by atoms with E-state index in [0.29, 0.717) is 11.2 Å². The summed E-state index contributed by atoms with van der Waals surface area (Å²) in [5, 5.41) is 26.5. The van der Waals surface area contributed by atoms with Crippen LogP contribution in [0.5, 0.6) is 0 Å². The Morgan fingerprint density at radius 2 is 1.69 bits per heavy atom. The summed E-state index contributed by atoms with van der Waals surface area (Å²) in [6.07, 6.45) is -1.46. The maximum Gasteiger partial charge on any atom is 0.335 e. The Hall–Kier alpha value is -1.86. The Bertz CT molecular complexity index is 1130. The van der Waals surface area contributed by atoms with E-state index >= 15 is 0 Å². The molecule has 2 aromatic rings. The van der Waals surface area contributed by atoms with Crippen molar-refractivity contribution in [1.29, 1.82) is 5.26 Å². The fraction of sp³-hybridized carbons (Fsp3) is 0.708. The molecule has 4 rings (SSSR count). The second-order valence-corrected chi connectivity index (χ2v) is 20.0. The van der Waals surface area contributed by atoms with E-state index in [4.69, 9.17) is 23.4 Å². The Kier molecular flexibility index (Phi) is 7.15. The SMILES string of the molecule is CC(C)[Si]1(C(C)C)OC[C@H]2O[C@@](C#N)(c3ccc4c(N)ncnn34)[C@H](O)[C@@H]2O[Si](C(C)C)(C(C)C)O1. The Labute approximate surface area is 215 Å². The standard InChI is InChI=1S/C24H39N5O5Si2/c1-14(2)35(15(3)4)31-11-19-21(33-36(34-35,16(5)6)17(7)8)22(30)24(12-25,32-19)20-10-9-18-23(26)27-13-28-29(18)20/h9-10,13-17,19,21-22,30H,11H2,1-8H3,(H2,26,27,28)/t19-,21-,22-,24+/m1/s1. The highest BCUT2D eigenvalue weighted by Crippen LogP contribution is 2.50. The molecule has 0 unspecified atom stereocenters. The molecule has 36 heavy (non-hydrogen) atoms. The molecule has 4 heterocycles. The molecule has 2 aromatic heterocycles. The van der Waals surface area contributed by atoms with Crippen molar-refractivity contribution in [3.63, 3.8) is 0 Å². The lowest BCUT2D eigenvalue weighted by Crippen LogP contribution is -2.66. The third-order valence-electron chi connectivity index (χ3n) is 7.79. The van der Waals surface area contributed by atoms with Gasteiger partial charge < -0.3 is 28.5 Å². The van der Waals surface area contributed by atoms with Crippen LogP contribution in [0.3, 0.4) is 0 Å². The fourth-order valence-electron chi connectivity index (χ4n) is 5.81. The van der Waals surface area contributed by atoms with E-state index in [0.717, 1.165) is 0 Å². The topological polar surface area (TPSA) is 137 Å². The molecule has 0 radical (unpaired) electrons. The average Bonchev–Trinajstić information content (AvgIpc) is 3.34. The van der Waals surface area contributed by atoms with Crippen molar-refractivity contribution in [2.24, 2.45) is 0 Å². The third kappa shape index (κ3) is 3.84. The number of anilines is 1. The van der Waals surface area contributed by atoms with Crippen molar-refractivity contribution < 1.29 is 22.8 Å². The zero-order valence-electron chi connectivity index (χ0n) is 22.4. The van der Waals surface area contributed by atoms with Gasteiger partial charge in [0.1, 0.15) is 36.2 Å². The molecule has 3 N–H and O–H groups in total. The van der Waals surface area contributed by atoms with Crippen LogP contribution >= 0.6 is 0 Å². The highest BCUT2D eigenvalue weighted by atomic mass is 28.5. The molecule has 0 bridgehead atoms. The van der Waals surface area contributed by atoms with E-state index in [-0.39, 0.29) is 34.6 Å². The molecular formula is C24H39N5O5Si2. The largest absolute Gasteiger partial charge is 0.414 e. The summed E-state index contributed by atoms with van der Waals surface area (Å²) in [6, 6.07) is 5.66. The van der Waals surface area contributed by atoms with Gasteiger partial charge in [-0.1, -0.05) is 55.4 Å². The second-order valence-electron chi connectivity index (χ2n) is 11.2. The van der Waals surface area contributed by atoms with Gasteiger partial charge >= 0.3 is 17.1 Å². The highest BCUT2D eigenvalue weighted by molar-refractivity contribution is 6.84. The summed E-state index contributed by atoms with van der Waals surface area (Å²) < 4.78 is 28.9. The number of nitriles is 1. The van der Waals surface area contributed by atoms with Crippen molar-refractivity contribution in [2.75, 3.05) is 12.3 Å². The first-order valence-electron chi connectivity index (χ1n) is 12.7. The van der Waals surface area contributed by atoms with E-state index in [9.17, 15) is 10.4 Å². The summed E-state index contributed by atoms with van der Waals surface area (Å²) in [7, 11) is -5.78. The first-order chi connectivity index (χ1) is 16.9. The number of aromatic nitrogens is 3. The molecule has 2 saturated heterocycles. The van der Waals surface area contributed by atoms with Gasteiger partial charge in [-0.05, 0) is 34.3 Å². The molecule has 2 aliphatic heterocycles. The summed E-state index contributed by atoms with van der Waals surface area (Å²) in [5.74, 6) is 0.270. The number of hydrogen-bond acceptors (Lipinski definition) is 9. The molecule has 0 aromatic carbocycles. The molecule has 0 amide bonds. The van der Waals surface area contributed by atoms with Gasteiger partial charge in [-0.15, -0.1) is 0 Å². The van der Waals surface area contributed by atoms with E-state index in [2.05, 4.69) is 71.5 Å². The first kappa shape index (κ1) is 27.2. The zero-order valence-corrected chi connectivity index (χ0v) is 24.4. The zero-order chi connectivity index (χ0) is 26.6. The number of aliphatic hydroxyl groups is 1. The number of aliphatic hydroxyl groups excluding tert-OH is 1. The Morgan fingerprint density at radius 3 is 2.25 bits per heavy atom. The van der Waals surface area contributed by atoms with Crippen LogP contribution in [0.25, 0.3) is 5.52 Å². The lowest BCUT2D eigenvalue weighted by molar-refractivity contribution is -0.0678. The minimum absolute atomic E-state index is 0.0789. The van der Waals surface area contributed by atoms with E-state index in [1.807, 2.05) is 0 Å². The van der Waals surface area contributed by atoms with Crippen molar-refractivity contribution in [1.82, 2.24) is 14.6 Å². The van der Waals surface area contributed by atoms with Crippen LogP contribution in [0.4, 0.5) is 5.82 Å². The van der Waals surface area contributed by atoms with Gasteiger partial charge in [-0.2, -0.15) is 10.4 Å². The summed E-state index contributed by atoms with van der Waals surface area (Å²) in [4.78, 5) is 4.03. The number of ether oxygens (including phenoxy) is 1.